The van der Waals surface area contributed by atoms with Gasteiger partial charge in [0.15, 0.2) is 5.78 Å². The van der Waals surface area contributed by atoms with Crippen LogP contribution in [0.15, 0.2) is 59.1 Å². The van der Waals surface area contributed by atoms with Crippen LogP contribution in [-0.2, 0) is 4.79 Å². The summed E-state index contributed by atoms with van der Waals surface area (Å²) in [6, 6.07) is 16.6. The van der Waals surface area contributed by atoms with E-state index in [2.05, 4.69) is 15.9 Å². The van der Waals surface area contributed by atoms with Crippen LogP contribution < -0.4 is 5.11 Å². The number of halogens is 1. The Balaban J connectivity index is 2.13. The maximum atomic E-state index is 12.4. The second kappa shape index (κ2) is 8.15. The Kier molecular flexibility index (Phi) is 6.21. The second-order valence-corrected chi connectivity index (χ2v) is 6.82. The predicted octanol–water partition coefficient (Wildman–Crippen LogP) is 3.25. The minimum atomic E-state index is -1.12. The van der Waals surface area contributed by atoms with Crippen LogP contribution in [0.1, 0.15) is 27.6 Å². The third-order valence-electron chi connectivity index (χ3n) is 3.11. The van der Waals surface area contributed by atoms with Gasteiger partial charge >= 0.3 is 0 Å². The van der Waals surface area contributed by atoms with Gasteiger partial charge in [0.25, 0.3) is 0 Å². The van der Waals surface area contributed by atoms with E-state index < -0.39 is 5.97 Å². The molecular weight excluding hydrogens is 364 g/mol. The highest BCUT2D eigenvalue weighted by molar-refractivity contribution is 9.10. The first-order valence-corrected chi connectivity index (χ1v) is 8.55. The molecule has 0 unspecified atom stereocenters. The van der Waals surface area contributed by atoms with E-state index in [9.17, 15) is 14.7 Å². The van der Waals surface area contributed by atoms with Crippen molar-refractivity contribution in [3.8, 4) is 0 Å². The molecule has 0 aromatic heterocycles. The molecule has 2 aromatic rings. The molecule has 0 bridgehead atoms. The van der Waals surface area contributed by atoms with Gasteiger partial charge in [-0.25, -0.2) is 0 Å². The number of hydrogen-bond donors (Lipinski definition) is 0. The van der Waals surface area contributed by atoms with E-state index in [0.29, 0.717) is 5.56 Å². The van der Waals surface area contributed by atoms with Gasteiger partial charge in [-0.15, -0.1) is 11.8 Å². The van der Waals surface area contributed by atoms with Gasteiger partial charge in [-0.1, -0.05) is 58.4 Å². The standard InChI is InChI=1S/C17H15BrO3S/c18-14-8-6-12(7-9-14)15(19)10-16(22-11-17(20)21)13-4-2-1-3-5-13/h1-9,16H,10-11H2,(H,20,21)/p-1/t16-/m0/s1. The highest BCUT2D eigenvalue weighted by atomic mass is 79.9. The topological polar surface area (TPSA) is 57.2 Å². The molecule has 2 rings (SSSR count). The van der Waals surface area contributed by atoms with E-state index in [1.807, 2.05) is 42.5 Å². The van der Waals surface area contributed by atoms with Gasteiger partial charge in [0.1, 0.15) is 0 Å². The van der Waals surface area contributed by atoms with E-state index >= 15 is 0 Å². The van der Waals surface area contributed by atoms with E-state index in [4.69, 9.17) is 0 Å². The molecule has 0 fully saturated rings. The number of carboxylic acids is 1. The Hall–Kier alpha value is -1.59. The minimum Gasteiger partial charge on any atom is -0.549 e. The third kappa shape index (κ3) is 5.00. The number of aliphatic carboxylic acids is 1. The Bertz CT molecular complexity index is 641. The molecule has 22 heavy (non-hydrogen) atoms. The molecular formula is C17H14BrO3S-. The highest BCUT2D eigenvalue weighted by Crippen LogP contribution is 2.33. The fraction of sp³-hybridized carbons (Fsp3) is 0.176. The zero-order valence-electron chi connectivity index (χ0n) is 11.7. The van der Waals surface area contributed by atoms with Crippen LogP contribution in [0.3, 0.4) is 0 Å². The van der Waals surface area contributed by atoms with Crippen molar-refractivity contribution in [3.63, 3.8) is 0 Å². The van der Waals surface area contributed by atoms with Crippen molar-refractivity contribution in [2.45, 2.75) is 11.7 Å². The van der Waals surface area contributed by atoms with Crippen molar-refractivity contribution in [2.24, 2.45) is 0 Å². The molecule has 114 valence electrons. The van der Waals surface area contributed by atoms with E-state index in [1.165, 1.54) is 11.8 Å². The van der Waals surface area contributed by atoms with Crippen LogP contribution in [-0.4, -0.2) is 17.5 Å². The molecule has 3 nitrogen and oxygen atoms in total. The fourth-order valence-electron chi connectivity index (χ4n) is 2.03. The van der Waals surface area contributed by atoms with Gasteiger partial charge in [0, 0.05) is 27.5 Å². The lowest BCUT2D eigenvalue weighted by molar-refractivity contribution is -0.301. The Morgan fingerprint density at radius 1 is 1.05 bits per heavy atom. The van der Waals surface area contributed by atoms with Gasteiger partial charge in [0.2, 0.25) is 0 Å². The summed E-state index contributed by atoms with van der Waals surface area (Å²) in [5.74, 6) is -1.26. The predicted molar refractivity (Wildman–Crippen MR) is 89.7 cm³/mol. The number of thioether (sulfide) groups is 1. The summed E-state index contributed by atoms with van der Waals surface area (Å²) in [5.41, 5.74) is 1.57. The number of ketones is 1. The summed E-state index contributed by atoms with van der Waals surface area (Å²) in [5, 5.41) is 10.5. The molecule has 0 amide bonds. The quantitative estimate of drug-likeness (QED) is 0.694. The third-order valence-corrected chi connectivity index (χ3v) is 4.88. The molecule has 0 N–H and O–H groups in total. The molecule has 5 heteroatoms. The largest absolute Gasteiger partial charge is 0.549 e. The lowest BCUT2D eigenvalue weighted by Crippen LogP contribution is -2.25. The number of hydrogen-bond acceptors (Lipinski definition) is 4. The lowest BCUT2D eigenvalue weighted by Gasteiger charge is -2.17. The lowest BCUT2D eigenvalue weighted by atomic mass is 10.0. The van der Waals surface area contributed by atoms with Crippen LogP contribution >= 0.6 is 27.7 Å². The normalized spacial score (nSPS) is 11.9. The summed E-state index contributed by atoms with van der Waals surface area (Å²) >= 11 is 4.55. The van der Waals surface area contributed by atoms with Crippen molar-refractivity contribution in [1.29, 1.82) is 0 Å². The van der Waals surface area contributed by atoms with Gasteiger partial charge in [0.05, 0.1) is 5.97 Å². The maximum absolute atomic E-state index is 12.4. The summed E-state index contributed by atoms with van der Waals surface area (Å²) in [6.07, 6.45) is 0.254. The van der Waals surface area contributed by atoms with E-state index in [-0.39, 0.29) is 23.2 Å². The van der Waals surface area contributed by atoms with E-state index in [1.54, 1.807) is 12.1 Å². The smallest absolute Gasteiger partial charge is 0.164 e. The minimum absolute atomic E-state index is 0.00722. The van der Waals surface area contributed by atoms with Crippen LogP contribution in [0.25, 0.3) is 0 Å². The van der Waals surface area contributed by atoms with Crippen molar-refractivity contribution < 1.29 is 14.7 Å². The molecule has 2 aromatic carbocycles. The summed E-state index contributed by atoms with van der Waals surface area (Å²) < 4.78 is 0.912. The summed E-state index contributed by atoms with van der Waals surface area (Å²) in [6.45, 7) is 0. The first-order chi connectivity index (χ1) is 10.6. The van der Waals surface area contributed by atoms with Crippen LogP contribution in [0.5, 0.6) is 0 Å². The monoisotopic (exact) mass is 377 g/mol. The first-order valence-electron chi connectivity index (χ1n) is 6.71. The number of Topliss-reactive ketones (excluding diaryl/α,β-unsaturated/α-hetero) is 1. The molecule has 0 saturated carbocycles. The van der Waals surface area contributed by atoms with Crippen LogP contribution in [0.2, 0.25) is 0 Å². The van der Waals surface area contributed by atoms with Crippen molar-refractivity contribution in [1.82, 2.24) is 0 Å². The molecule has 0 aliphatic rings. The number of benzene rings is 2. The maximum Gasteiger partial charge on any atom is 0.164 e. The van der Waals surface area contributed by atoms with Crippen LogP contribution in [0, 0.1) is 0 Å². The summed E-state index contributed by atoms with van der Waals surface area (Å²) in [7, 11) is 0. The van der Waals surface area contributed by atoms with Gasteiger partial charge in [-0.2, -0.15) is 0 Å². The fourth-order valence-corrected chi connectivity index (χ4v) is 3.25. The average molecular weight is 378 g/mol. The van der Waals surface area contributed by atoms with E-state index in [0.717, 1.165) is 10.0 Å². The number of carbonyl (C=O) groups excluding carboxylic acids is 2. The van der Waals surface area contributed by atoms with Crippen molar-refractivity contribution in [2.75, 3.05) is 5.75 Å². The Labute approximate surface area is 141 Å². The summed E-state index contributed by atoms with van der Waals surface area (Å²) in [4.78, 5) is 23.1. The molecule has 0 aliphatic heterocycles. The number of rotatable bonds is 7. The average Bonchev–Trinajstić information content (AvgIpc) is 2.52. The Morgan fingerprint density at radius 3 is 2.27 bits per heavy atom. The van der Waals surface area contributed by atoms with Crippen LogP contribution in [0.4, 0.5) is 0 Å². The van der Waals surface area contributed by atoms with Gasteiger partial charge in [-0.05, 0) is 17.7 Å². The molecule has 1 atom stereocenters. The molecule has 0 radical (unpaired) electrons. The van der Waals surface area contributed by atoms with Gasteiger partial charge in [-0.3, -0.25) is 4.79 Å². The van der Waals surface area contributed by atoms with Crippen molar-refractivity contribution in [3.05, 3.63) is 70.2 Å². The van der Waals surface area contributed by atoms with Gasteiger partial charge < -0.3 is 9.90 Å². The second-order valence-electron chi connectivity index (χ2n) is 4.72. The first kappa shape index (κ1) is 16.8. The van der Waals surface area contributed by atoms with Crippen molar-refractivity contribution >= 4 is 39.4 Å². The molecule has 0 spiro atoms. The molecule has 0 aliphatic carbocycles. The highest BCUT2D eigenvalue weighted by Gasteiger charge is 2.17. The number of carboxylic acid groups (broad SMARTS) is 1. The SMILES string of the molecule is O=C([O-])CS[C@@H](CC(=O)c1ccc(Br)cc1)c1ccccc1. The zero-order valence-corrected chi connectivity index (χ0v) is 14.1. The Morgan fingerprint density at radius 2 is 1.68 bits per heavy atom. The molecule has 0 heterocycles. The number of carbonyl (C=O) groups is 2. The zero-order chi connectivity index (χ0) is 15.9. The molecule has 0 saturated heterocycles.